The van der Waals surface area contributed by atoms with Crippen LogP contribution >= 0.6 is 11.3 Å². The third-order valence-corrected chi connectivity index (χ3v) is 6.24. The summed E-state index contributed by atoms with van der Waals surface area (Å²) in [6.45, 7) is 2.58. The molecule has 0 aliphatic carbocycles. The van der Waals surface area contributed by atoms with E-state index in [1.54, 1.807) is 11.3 Å². The average Bonchev–Trinajstić information content (AvgIpc) is 3.24. The summed E-state index contributed by atoms with van der Waals surface area (Å²) in [5, 5.41) is 7.51. The lowest BCUT2D eigenvalue weighted by Gasteiger charge is -2.12. The van der Waals surface area contributed by atoms with Gasteiger partial charge in [-0.05, 0) is 29.3 Å². The zero-order chi connectivity index (χ0) is 22.5. The van der Waals surface area contributed by atoms with Crippen LogP contribution in [0.3, 0.4) is 0 Å². The molecule has 0 radical (unpaired) electrons. The minimum atomic E-state index is 0.500. The van der Waals surface area contributed by atoms with Crippen molar-refractivity contribution in [2.75, 3.05) is 5.43 Å². The van der Waals surface area contributed by atoms with Gasteiger partial charge in [-0.15, -0.1) is 11.3 Å². The highest BCUT2D eigenvalue weighted by Crippen LogP contribution is 2.31. The Morgan fingerprint density at radius 1 is 0.879 bits per heavy atom. The lowest BCUT2D eigenvalue weighted by atomic mass is 10.0. The second-order valence-electron chi connectivity index (χ2n) is 7.63. The van der Waals surface area contributed by atoms with E-state index < -0.39 is 0 Å². The zero-order valence-electron chi connectivity index (χ0n) is 18.2. The number of anilines is 1. The van der Waals surface area contributed by atoms with E-state index in [0.717, 1.165) is 48.9 Å². The molecule has 1 N–H and O–H groups in total. The van der Waals surface area contributed by atoms with Crippen molar-refractivity contribution in [3.05, 3.63) is 113 Å². The molecule has 1 aromatic heterocycles. The molecule has 5 heteroatoms. The Morgan fingerprint density at radius 2 is 1.61 bits per heavy atom. The van der Waals surface area contributed by atoms with Gasteiger partial charge in [0.05, 0.1) is 11.9 Å². The van der Waals surface area contributed by atoms with E-state index in [9.17, 15) is 0 Å². The van der Waals surface area contributed by atoms with E-state index in [-0.39, 0.29) is 0 Å². The van der Waals surface area contributed by atoms with Crippen LogP contribution in [0, 0.1) is 6.92 Å². The van der Waals surface area contributed by atoms with Crippen LogP contribution in [-0.4, -0.2) is 11.2 Å². The fraction of sp³-hybridized carbons (Fsp3) is 0.0714. The summed E-state index contributed by atoms with van der Waals surface area (Å²) in [5.41, 5.74) is 7.26. The molecule has 0 saturated carbocycles. The van der Waals surface area contributed by atoms with Gasteiger partial charge < -0.3 is 4.74 Å². The highest BCUT2D eigenvalue weighted by atomic mass is 32.1. The molecule has 5 aromatic rings. The van der Waals surface area contributed by atoms with Crippen LogP contribution in [0.15, 0.2) is 102 Å². The maximum atomic E-state index is 6.18. The second-order valence-corrected chi connectivity index (χ2v) is 8.84. The average molecular weight is 450 g/mol. The predicted octanol–water partition coefficient (Wildman–Crippen LogP) is 7.30. The topological polar surface area (TPSA) is 46.5 Å². The number of thiazole rings is 1. The molecule has 0 spiro atoms. The Kier molecular flexibility index (Phi) is 6.13. The molecule has 4 nitrogen and oxygen atoms in total. The Bertz CT molecular complexity index is 1400. The van der Waals surface area contributed by atoms with Crippen molar-refractivity contribution in [3.8, 4) is 17.0 Å². The lowest BCUT2D eigenvalue weighted by Crippen LogP contribution is -2.00. The van der Waals surface area contributed by atoms with Gasteiger partial charge in [0.2, 0.25) is 5.13 Å². The van der Waals surface area contributed by atoms with Crippen LogP contribution in [-0.2, 0) is 6.61 Å². The first-order chi connectivity index (χ1) is 16.3. The number of nitrogens with one attached hydrogen (secondary N) is 1. The van der Waals surface area contributed by atoms with Crippen LogP contribution in [0.5, 0.6) is 5.75 Å². The van der Waals surface area contributed by atoms with Gasteiger partial charge in [0.15, 0.2) is 0 Å². The van der Waals surface area contributed by atoms with Crippen LogP contribution < -0.4 is 10.2 Å². The van der Waals surface area contributed by atoms with E-state index in [4.69, 9.17) is 9.72 Å². The maximum Gasteiger partial charge on any atom is 0.204 e. The molecule has 0 atom stereocenters. The zero-order valence-corrected chi connectivity index (χ0v) is 19.0. The fourth-order valence-corrected chi connectivity index (χ4v) is 4.52. The van der Waals surface area contributed by atoms with Crippen LogP contribution in [0.25, 0.3) is 22.0 Å². The summed E-state index contributed by atoms with van der Waals surface area (Å²) in [7, 11) is 0. The van der Waals surface area contributed by atoms with Crippen LogP contribution in [0.1, 0.15) is 16.0 Å². The van der Waals surface area contributed by atoms with Crippen molar-refractivity contribution in [1.29, 1.82) is 0 Å². The standard InChI is InChI=1S/C28H23N3OS/c1-20-27(23-13-6-3-7-14-23)30-28(33-20)31-29-18-25-24-15-9-8-12-22(24)16-17-26(25)32-19-21-10-4-2-5-11-21/h2-18H,19H2,1H3,(H,30,31)/b29-18-. The van der Waals surface area contributed by atoms with E-state index in [2.05, 4.69) is 59.9 Å². The Balaban J connectivity index is 1.40. The molecule has 4 aromatic carbocycles. The van der Waals surface area contributed by atoms with Crippen molar-refractivity contribution in [1.82, 2.24) is 4.98 Å². The largest absolute Gasteiger partial charge is 0.488 e. The Labute approximate surface area is 197 Å². The quantitative estimate of drug-likeness (QED) is 0.209. The molecule has 0 aliphatic rings. The number of fused-ring (bicyclic) bond motifs is 1. The van der Waals surface area contributed by atoms with Crippen LogP contribution in [0.4, 0.5) is 5.13 Å². The number of hydrogen-bond acceptors (Lipinski definition) is 5. The number of ether oxygens (including phenoxy) is 1. The number of rotatable bonds is 7. The van der Waals surface area contributed by atoms with Gasteiger partial charge in [0, 0.05) is 16.0 Å². The maximum absolute atomic E-state index is 6.18. The number of nitrogens with zero attached hydrogens (tertiary/aromatic N) is 2. The van der Waals surface area contributed by atoms with Gasteiger partial charge in [-0.1, -0.05) is 91.0 Å². The molecule has 5 rings (SSSR count). The SMILES string of the molecule is Cc1sc(N/N=C\c2c(OCc3ccccc3)ccc3ccccc23)nc1-c1ccccc1. The third kappa shape index (κ3) is 4.78. The number of hydrazone groups is 1. The summed E-state index contributed by atoms with van der Waals surface area (Å²) in [5.74, 6) is 0.795. The number of aryl methyl sites for hydroxylation is 1. The summed E-state index contributed by atoms with van der Waals surface area (Å²) in [6.07, 6.45) is 1.82. The number of benzene rings is 4. The smallest absolute Gasteiger partial charge is 0.204 e. The Hall–Kier alpha value is -3.96. The predicted molar refractivity (Wildman–Crippen MR) is 138 cm³/mol. The van der Waals surface area contributed by atoms with Gasteiger partial charge >= 0.3 is 0 Å². The minimum absolute atomic E-state index is 0.500. The molecule has 162 valence electrons. The normalized spacial score (nSPS) is 11.2. The van der Waals surface area contributed by atoms with Crippen molar-refractivity contribution in [2.24, 2.45) is 5.10 Å². The van der Waals surface area contributed by atoms with Gasteiger partial charge in [0.25, 0.3) is 0 Å². The van der Waals surface area contributed by atoms with Gasteiger partial charge in [-0.25, -0.2) is 4.98 Å². The highest BCUT2D eigenvalue weighted by Gasteiger charge is 2.10. The van der Waals surface area contributed by atoms with Gasteiger partial charge in [0.1, 0.15) is 12.4 Å². The van der Waals surface area contributed by atoms with Crippen LogP contribution in [0.2, 0.25) is 0 Å². The summed E-state index contributed by atoms with van der Waals surface area (Å²) < 4.78 is 6.18. The first-order valence-electron chi connectivity index (χ1n) is 10.8. The van der Waals surface area contributed by atoms with Crippen molar-refractivity contribution >= 4 is 33.5 Å². The summed E-state index contributed by atoms with van der Waals surface area (Å²) in [6, 6.07) is 32.7. The molecule has 0 unspecified atom stereocenters. The second kappa shape index (κ2) is 9.67. The van der Waals surface area contributed by atoms with Crippen molar-refractivity contribution < 1.29 is 4.74 Å². The van der Waals surface area contributed by atoms with Crippen molar-refractivity contribution in [2.45, 2.75) is 13.5 Å². The van der Waals surface area contributed by atoms with Crippen molar-refractivity contribution in [3.63, 3.8) is 0 Å². The number of hydrogen-bond donors (Lipinski definition) is 1. The molecular weight excluding hydrogens is 426 g/mol. The van der Waals surface area contributed by atoms with E-state index in [1.807, 2.05) is 60.8 Å². The van der Waals surface area contributed by atoms with E-state index in [1.165, 1.54) is 0 Å². The van der Waals surface area contributed by atoms with Gasteiger partial charge in [-0.2, -0.15) is 5.10 Å². The molecule has 0 aliphatic heterocycles. The molecule has 1 heterocycles. The molecule has 0 amide bonds. The molecule has 0 saturated heterocycles. The Morgan fingerprint density at radius 3 is 2.42 bits per heavy atom. The first kappa shape index (κ1) is 20.9. The molecule has 33 heavy (non-hydrogen) atoms. The molecule has 0 bridgehead atoms. The minimum Gasteiger partial charge on any atom is -0.488 e. The van der Waals surface area contributed by atoms with E-state index >= 15 is 0 Å². The third-order valence-electron chi connectivity index (χ3n) is 5.37. The molecule has 0 fully saturated rings. The summed E-state index contributed by atoms with van der Waals surface area (Å²) >= 11 is 1.59. The highest BCUT2D eigenvalue weighted by molar-refractivity contribution is 7.16. The molecular formula is C28H23N3OS. The fourth-order valence-electron chi connectivity index (χ4n) is 3.73. The lowest BCUT2D eigenvalue weighted by molar-refractivity contribution is 0.306. The van der Waals surface area contributed by atoms with Gasteiger partial charge in [-0.3, -0.25) is 5.43 Å². The monoisotopic (exact) mass is 449 g/mol. The summed E-state index contributed by atoms with van der Waals surface area (Å²) in [4.78, 5) is 5.88. The first-order valence-corrected chi connectivity index (χ1v) is 11.6. The van der Waals surface area contributed by atoms with E-state index in [0.29, 0.717) is 6.61 Å². The number of aromatic nitrogens is 1.